The van der Waals surface area contributed by atoms with Gasteiger partial charge in [-0.05, 0) is 69.8 Å². The smallest absolute Gasteiger partial charge is 0.211 e. The fourth-order valence-corrected chi connectivity index (χ4v) is 6.95. The highest BCUT2D eigenvalue weighted by molar-refractivity contribution is 6.12. The summed E-state index contributed by atoms with van der Waals surface area (Å²) in [4.78, 5) is 8.50. The summed E-state index contributed by atoms with van der Waals surface area (Å²) >= 11 is 0. The van der Waals surface area contributed by atoms with Crippen LogP contribution in [0.5, 0.6) is 0 Å². The van der Waals surface area contributed by atoms with Gasteiger partial charge in [-0.15, -0.1) is 0 Å². The number of hydrogen-bond acceptors (Lipinski definition) is 2. The summed E-state index contributed by atoms with van der Waals surface area (Å²) in [6, 6.07) is 41.9. The Bertz CT molecular complexity index is 2380. The van der Waals surface area contributed by atoms with E-state index < -0.39 is 0 Å². The van der Waals surface area contributed by atoms with Crippen molar-refractivity contribution in [3.05, 3.63) is 150 Å². The minimum absolute atomic E-state index is 0.104. The van der Waals surface area contributed by atoms with Crippen molar-refractivity contribution < 1.29 is 0 Å². The van der Waals surface area contributed by atoms with Crippen LogP contribution in [0.15, 0.2) is 121 Å². The predicted molar refractivity (Wildman–Crippen MR) is 178 cm³/mol. The minimum Gasteiger partial charge on any atom is -0.319 e. The molecule has 1 aliphatic carbocycles. The van der Waals surface area contributed by atoms with Gasteiger partial charge in [0.1, 0.15) is 11.8 Å². The summed E-state index contributed by atoms with van der Waals surface area (Å²) in [7, 11) is 0. The molecular formula is C40H26N4. The zero-order chi connectivity index (χ0) is 30.0. The summed E-state index contributed by atoms with van der Waals surface area (Å²) < 4.78 is 2.22. The number of benzene rings is 5. The van der Waals surface area contributed by atoms with Crippen molar-refractivity contribution in [1.82, 2.24) is 9.55 Å². The minimum atomic E-state index is -0.104. The quantitative estimate of drug-likeness (QED) is 0.201. The molecule has 0 saturated carbocycles. The average molecular weight is 563 g/mol. The first-order valence-corrected chi connectivity index (χ1v) is 14.6. The van der Waals surface area contributed by atoms with Gasteiger partial charge in [0.25, 0.3) is 0 Å². The topological polar surface area (TPSA) is 46.0 Å². The molecule has 206 valence electrons. The van der Waals surface area contributed by atoms with Crippen molar-refractivity contribution in [2.75, 3.05) is 0 Å². The number of aromatic nitrogens is 2. The largest absolute Gasteiger partial charge is 0.319 e. The Morgan fingerprint density at radius 2 is 1.45 bits per heavy atom. The number of nitrogens with zero attached hydrogens (tertiary/aromatic N) is 4. The second-order valence-electron chi connectivity index (χ2n) is 11.9. The lowest BCUT2D eigenvalue weighted by Crippen LogP contribution is -2.14. The summed E-state index contributed by atoms with van der Waals surface area (Å²) in [5.41, 5.74) is 12.3. The van der Waals surface area contributed by atoms with Gasteiger partial charge in [-0.1, -0.05) is 92.7 Å². The third-order valence-electron chi connectivity index (χ3n) is 9.12. The van der Waals surface area contributed by atoms with Crippen LogP contribution in [-0.2, 0) is 5.41 Å². The summed E-state index contributed by atoms with van der Waals surface area (Å²) in [6.07, 6.45) is 1.73. The van der Waals surface area contributed by atoms with E-state index in [1.165, 1.54) is 27.6 Å². The number of para-hydroxylation sites is 1. The van der Waals surface area contributed by atoms with Gasteiger partial charge in [-0.3, -0.25) is 0 Å². The third-order valence-corrected chi connectivity index (χ3v) is 9.12. The normalized spacial score (nSPS) is 12.9. The first-order valence-electron chi connectivity index (χ1n) is 14.6. The van der Waals surface area contributed by atoms with Crippen molar-refractivity contribution >= 4 is 27.5 Å². The fourth-order valence-electron chi connectivity index (χ4n) is 6.95. The molecule has 0 saturated heterocycles. The van der Waals surface area contributed by atoms with Gasteiger partial charge in [0, 0.05) is 33.5 Å². The molecule has 44 heavy (non-hydrogen) atoms. The maximum absolute atomic E-state index is 9.92. The lowest BCUT2D eigenvalue weighted by molar-refractivity contribution is 0.661. The van der Waals surface area contributed by atoms with Gasteiger partial charge in [-0.25, -0.2) is 9.83 Å². The van der Waals surface area contributed by atoms with Crippen molar-refractivity contribution in [3.8, 4) is 45.1 Å². The molecule has 0 N–H and O–H groups in total. The first kappa shape index (κ1) is 25.7. The monoisotopic (exact) mass is 562 g/mol. The van der Waals surface area contributed by atoms with Gasteiger partial charge < -0.3 is 4.57 Å². The highest BCUT2D eigenvalue weighted by atomic mass is 15.0. The highest BCUT2D eigenvalue weighted by Crippen LogP contribution is 2.51. The second-order valence-corrected chi connectivity index (χ2v) is 11.9. The van der Waals surface area contributed by atoms with Crippen molar-refractivity contribution in [2.24, 2.45) is 0 Å². The van der Waals surface area contributed by atoms with Crippen LogP contribution in [0.4, 0.5) is 5.69 Å². The van der Waals surface area contributed by atoms with Crippen LogP contribution < -0.4 is 0 Å². The van der Waals surface area contributed by atoms with Crippen molar-refractivity contribution in [3.63, 3.8) is 0 Å². The molecule has 0 bridgehead atoms. The van der Waals surface area contributed by atoms with Gasteiger partial charge in [0.05, 0.1) is 23.3 Å². The Morgan fingerprint density at radius 3 is 2.27 bits per heavy atom. The number of rotatable bonds is 3. The second kappa shape index (κ2) is 9.53. The van der Waals surface area contributed by atoms with Crippen LogP contribution in [-0.4, -0.2) is 9.55 Å². The van der Waals surface area contributed by atoms with Crippen LogP contribution in [0.2, 0.25) is 0 Å². The van der Waals surface area contributed by atoms with E-state index in [4.69, 9.17) is 6.57 Å². The van der Waals surface area contributed by atoms with E-state index in [1.54, 1.807) is 6.20 Å². The Balaban J connectivity index is 1.36. The average Bonchev–Trinajstić information content (AvgIpc) is 3.51. The number of fused-ring (bicyclic) bond motifs is 6. The van der Waals surface area contributed by atoms with Gasteiger partial charge in [-0.2, -0.15) is 5.26 Å². The molecule has 0 fully saturated rings. The molecule has 7 aromatic rings. The van der Waals surface area contributed by atoms with Crippen LogP contribution in [0.25, 0.3) is 65.7 Å². The summed E-state index contributed by atoms with van der Waals surface area (Å²) in [5.74, 6) is 0. The maximum atomic E-state index is 9.92. The molecule has 0 unspecified atom stereocenters. The zero-order valence-corrected chi connectivity index (χ0v) is 24.3. The lowest BCUT2D eigenvalue weighted by atomic mass is 9.82. The zero-order valence-electron chi connectivity index (χ0n) is 24.3. The van der Waals surface area contributed by atoms with E-state index in [9.17, 15) is 5.26 Å². The molecule has 1 aliphatic rings. The van der Waals surface area contributed by atoms with Crippen molar-refractivity contribution in [1.29, 1.82) is 5.26 Å². The van der Waals surface area contributed by atoms with Crippen LogP contribution >= 0.6 is 0 Å². The van der Waals surface area contributed by atoms with Crippen LogP contribution in [0, 0.1) is 17.9 Å². The van der Waals surface area contributed by atoms with E-state index in [0.29, 0.717) is 16.9 Å². The van der Waals surface area contributed by atoms with Crippen LogP contribution in [0.3, 0.4) is 0 Å². The highest BCUT2D eigenvalue weighted by Gasteiger charge is 2.36. The molecule has 0 amide bonds. The third kappa shape index (κ3) is 3.65. The number of hydrogen-bond donors (Lipinski definition) is 0. The molecule has 4 nitrogen and oxygen atoms in total. The van der Waals surface area contributed by atoms with E-state index in [1.807, 2.05) is 54.6 Å². The first-order chi connectivity index (χ1) is 21.5. The summed E-state index contributed by atoms with van der Waals surface area (Å²) in [6.45, 7) is 12.8. The Hall–Kier alpha value is -5.97. The van der Waals surface area contributed by atoms with Gasteiger partial charge in [0.15, 0.2) is 0 Å². The number of pyridine rings is 1. The van der Waals surface area contributed by atoms with Crippen LogP contribution in [0.1, 0.15) is 30.7 Å². The SMILES string of the molecule is [C-]#[N+]c1cc(-c2cc(-c3ccccc3)cnc2C#N)ccc1-n1c2ccccc2c2cc3c(cc21)-c1ccccc1C3(C)C. The van der Waals surface area contributed by atoms with Gasteiger partial charge in [0.2, 0.25) is 5.69 Å². The molecule has 8 rings (SSSR count). The van der Waals surface area contributed by atoms with Gasteiger partial charge >= 0.3 is 0 Å². The number of nitriles is 1. The Labute approximate surface area is 255 Å². The van der Waals surface area contributed by atoms with E-state index in [0.717, 1.165) is 38.8 Å². The molecule has 2 heterocycles. The fraction of sp³-hybridized carbons (Fsp3) is 0.0750. The molecule has 0 atom stereocenters. The molecule has 4 heteroatoms. The summed E-state index contributed by atoms with van der Waals surface area (Å²) in [5, 5.41) is 12.2. The molecule has 0 spiro atoms. The molecular weight excluding hydrogens is 536 g/mol. The van der Waals surface area contributed by atoms with E-state index in [2.05, 4.69) is 95.0 Å². The van der Waals surface area contributed by atoms with Crippen molar-refractivity contribution in [2.45, 2.75) is 19.3 Å². The standard InChI is InChI=1S/C40H26N4/c1-40(2)33-15-9-7-13-28(33)31-22-39-32(21-34(31)40)29-14-8-10-16-37(29)44(39)38-18-17-26(20-35(38)42-3)30-19-27(24-43-36(30)23-41)25-11-5-4-6-12-25/h4-22,24H,1-2H3. The van der Waals surface area contributed by atoms with E-state index >= 15 is 0 Å². The lowest BCUT2D eigenvalue weighted by Gasteiger charge is -2.21. The molecule has 2 aromatic heterocycles. The van der Waals surface area contributed by atoms with E-state index in [-0.39, 0.29) is 5.41 Å². The Kier molecular flexibility index (Phi) is 5.57. The molecule has 5 aromatic carbocycles. The molecule has 0 aliphatic heterocycles. The maximum Gasteiger partial charge on any atom is 0.211 e. The predicted octanol–water partition coefficient (Wildman–Crippen LogP) is 10.2. The Morgan fingerprint density at radius 1 is 0.682 bits per heavy atom. The molecule has 0 radical (unpaired) electrons.